The van der Waals surface area contributed by atoms with Crippen molar-refractivity contribution in [1.29, 1.82) is 0 Å². The molecule has 0 unspecified atom stereocenters. The molecule has 0 radical (unpaired) electrons. The summed E-state index contributed by atoms with van der Waals surface area (Å²) < 4.78 is 21.4. The molecule has 6 nitrogen and oxygen atoms in total. The molecule has 0 amide bonds. The molecule has 1 aliphatic rings. The Morgan fingerprint density at radius 2 is 1.65 bits per heavy atom. The van der Waals surface area contributed by atoms with Gasteiger partial charge in [-0.25, -0.2) is 0 Å². The van der Waals surface area contributed by atoms with Gasteiger partial charge >= 0.3 is 0 Å². The Hall–Kier alpha value is -0.240. The molecule has 0 aliphatic carbocycles. The largest absolute Gasteiger partial charge is 0.385 e. The molecule has 1 fully saturated rings. The molecule has 0 spiro atoms. The van der Waals surface area contributed by atoms with Gasteiger partial charge in [0.25, 0.3) is 0 Å². The summed E-state index contributed by atoms with van der Waals surface area (Å²) in [6.45, 7) is 5.37. The van der Waals surface area contributed by atoms with Crippen molar-refractivity contribution in [3.63, 3.8) is 0 Å². The normalized spacial score (nSPS) is 31.8. The Morgan fingerprint density at radius 3 is 2.06 bits per heavy atom. The summed E-state index contributed by atoms with van der Waals surface area (Å²) in [6, 6.07) is -0.259. The molecule has 0 bridgehead atoms. The molecule has 1 rings (SSSR count). The van der Waals surface area contributed by atoms with Gasteiger partial charge in [-0.05, 0) is 20.8 Å². The minimum absolute atomic E-state index is 0.259. The van der Waals surface area contributed by atoms with Crippen LogP contribution in [0.25, 0.3) is 0 Å². The summed E-state index contributed by atoms with van der Waals surface area (Å²) in [5.74, 6) is -0.768. The van der Waals surface area contributed by atoms with Crippen molar-refractivity contribution in [3.05, 3.63) is 0 Å². The number of ether oxygens (including phenoxy) is 4. The zero-order chi connectivity index (χ0) is 13.2. The van der Waals surface area contributed by atoms with E-state index in [1.807, 2.05) is 6.92 Å². The van der Waals surface area contributed by atoms with E-state index >= 15 is 0 Å². The second-order valence-electron chi connectivity index (χ2n) is 4.75. The lowest BCUT2D eigenvalue weighted by molar-refractivity contribution is -0.209. The highest BCUT2D eigenvalue weighted by Gasteiger charge is 2.48. The van der Waals surface area contributed by atoms with Crippen molar-refractivity contribution in [2.75, 3.05) is 14.2 Å². The number of aliphatic hydroxyl groups excluding tert-OH is 1. The third kappa shape index (κ3) is 3.37. The maximum atomic E-state index is 10.1. The maximum Gasteiger partial charge on any atom is 0.185 e. The van der Waals surface area contributed by atoms with Crippen LogP contribution in [0.1, 0.15) is 20.8 Å². The van der Waals surface area contributed by atoms with Gasteiger partial charge in [0.15, 0.2) is 12.1 Å². The van der Waals surface area contributed by atoms with E-state index in [-0.39, 0.29) is 6.04 Å². The lowest BCUT2D eigenvalue weighted by atomic mass is 10.0. The summed E-state index contributed by atoms with van der Waals surface area (Å²) in [6.07, 6.45) is -2.69. The standard InChI is InChI=1S/C11H23NO5/c1-6(12)8-9(17-11(2,3)16-8)7(13)10(14-4)15-5/h6-10,13H,12H2,1-5H3/t6-,7-,8-,9+/m1/s1. The quantitative estimate of drug-likeness (QED) is 0.658. The van der Waals surface area contributed by atoms with Crippen LogP contribution < -0.4 is 5.73 Å². The van der Waals surface area contributed by atoms with E-state index in [9.17, 15) is 5.11 Å². The molecule has 0 aromatic carbocycles. The highest BCUT2D eigenvalue weighted by molar-refractivity contribution is 4.91. The van der Waals surface area contributed by atoms with Gasteiger partial charge in [0.2, 0.25) is 0 Å². The van der Waals surface area contributed by atoms with Crippen LogP contribution in [0.4, 0.5) is 0 Å². The number of rotatable bonds is 5. The molecule has 6 heteroatoms. The number of aliphatic hydroxyl groups is 1. The predicted octanol–water partition coefficient (Wildman–Crippen LogP) is -0.166. The lowest BCUT2D eigenvalue weighted by Crippen LogP contribution is -2.49. The minimum atomic E-state index is -0.956. The average Bonchev–Trinajstić information content (AvgIpc) is 2.56. The highest BCUT2D eigenvalue weighted by Crippen LogP contribution is 2.32. The van der Waals surface area contributed by atoms with Gasteiger partial charge in [0.1, 0.15) is 18.3 Å². The third-order valence-electron chi connectivity index (χ3n) is 2.76. The first-order valence-corrected chi connectivity index (χ1v) is 5.67. The fourth-order valence-corrected chi connectivity index (χ4v) is 2.02. The Kier molecular flexibility index (Phi) is 4.88. The Morgan fingerprint density at radius 1 is 1.18 bits per heavy atom. The minimum Gasteiger partial charge on any atom is -0.385 e. The molecule has 0 aromatic heterocycles. The maximum absolute atomic E-state index is 10.1. The van der Waals surface area contributed by atoms with E-state index < -0.39 is 30.4 Å². The van der Waals surface area contributed by atoms with Crippen LogP contribution in [0.5, 0.6) is 0 Å². The first kappa shape index (κ1) is 14.8. The number of hydrogen-bond acceptors (Lipinski definition) is 6. The van der Waals surface area contributed by atoms with Gasteiger partial charge in [-0.2, -0.15) is 0 Å². The summed E-state index contributed by atoms with van der Waals surface area (Å²) in [7, 11) is 2.92. The first-order chi connectivity index (χ1) is 7.82. The first-order valence-electron chi connectivity index (χ1n) is 5.67. The van der Waals surface area contributed by atoms with Crippen molar-refractivity contribution >= 4 is 0 Å². The van der Waals surface area contributed by atoms with E-state index in [0.29, 0.717) is 0 Å². The van der Waals surface area contributed by atoms with Crippen molar-refractivity contribution in [2.24, 2.45) is 5.73 Å². The zero-order valence-corrected chi connectivity index (χ0v) is 11.0. The van der Waals surface area contributed by atoms with Gasteiger partial charge in [0.05, 0.1) is 0 Å². The molecular weight excluding hydrogens is 226 g/mol. The smallest absolute Gasteiger partial charge is 0.185 e. The predicted molar refractivity (Wildman–Crippen MR) is 61.3 cm³/mol. The number of nitrogens with two attached hydrogens (primary N) is 1. The van der Waals surface area contributed by atoms with Crippen molar-refractivity contribution in [3.8, 4) is 0 Å². The van der Waals surface area contributed by atoms with Crippen LogP contribution in [0.2, 0.25) is 0 Å². The molecule has 17 heavy (non-hydrogen) atoms. The number of hydrogen-bond donors (Lipinski definition) is 2. The van der Waals surface area contributed by atoms with Gasteiger partial charge in [-0.3, -0.25) is 0 Å². The SMILES string of the molecule is COC(OC)[C@H](O)[C@@H]1OC(C)(C)O[C@@H]1[C@@H](C)N. The van der Waals surface area contributed by atoms with Gasteiger partial charge in [0, 0.05) is 20.3 Å². The van der Waals surface area contributed by atoms with E-state index in [2.05, 4.69) is 0 Å². The Balaban J connectivity index is 2.79. The van der Waals surface area contributed by atoms with Crippen LogP contribution in [-0.2, 0) is 18.9 Å². The summed E-state index contributed by atoms with van der Waals surface area (Å²) in [5, 5.41) is 10.1. The van der Waals surface area contributed by atoms with Crippen LogP contribution in [-0.4, -0.2) is 55.8 Å². The van der Waals surface area contributed by atoms with E-state index in [0.717, 1.165) is 0 Å². The average molecular weight is 249 g/mol. The van der Waals surface area contributed by atoms with E-state index in [4.69, 9.17) is 24.7 Å². The van der Waals surface area contributed by atoms with Crippen LogP contribution in [0.3, 0.4) is 0 Å². The van der Waals surface area contributed by atoms with Gasteiger partial charge in [-0.1, -0.05) is 0 Å². The zero-order valence-electron chi connectivity index (χ0n) is 11.0. The van der Waals surface area contributed by atoms with Gasteiger partial charge < -0.3 is 29.8 Å². The van der Waals surface area contributed by atoms with E-state index in [1.54, 1.807) is 13.8 Å². The van der Waals surface area contributed by atoms with E-state index in [1.165, 1.54) is 14.2 Å². The van der Waals surface area contributed by atoms with Gasteiger partial charge in [-0.15, -0.1) is 0 Å². The highest BCUT2D eigenvalue weighted by atomic mass is 16.8. The van der Waals surface area contributed by atoms with Crippen LogP contribution in [0.15, 0.2) is 0 Å². The fraction of sp³-hybridized carbons (Fsp3) is 1.00. The van der Waals surface area contributed by atoms with Crippen molar-refractivity contribution in [2.45, 2.75) is 57.2 Å². The monoisotopic (exact) mass is 249 g/mol. The van der Waals surface area contributed by atoms with Crippen LogP contribution in [0, 0.1) is 0 Å². The Bertz CT molecular complexity index is 242. The lowest BCUT2D eigenvalue weighted by Gasteiger charge is -2.28. The second kappa shape index (κ2) is 5.60. The van der Waals surface area contributed by atoms with Crippen LogP contribution >= 0.6 is 0 Å². The molecule has 3 N–H and O–H groups in total. The molecule has 0 saturated carbocycles. The molecule has 4 atom stereocenters. The molecule has 1 saturated heterocycles. The molecule has 1 aliphatic heterocycles. The fourth-order valence-electron chi connectivity index (χ4n) is 2.02. The molecule has 0 aromatic rings. The van der Waals surface area contributed by atoms with Crippen molar-refractivity contribution < 1.29 is 24.1 Å². The Labute approximate surface area is 102 Å². The third-order valence-corrected chi connectivity index (χ3v) is 2.76. The summed E-state index contributed by atoms with van der Waals surface area (Å²) in [5.41, 5.74) is 5.83. The summed E-state index contributed by atoms with van der Waals surface area (Å²) in [4.78, 5) is 0. The number of methoxy groups -OCH3 is 2. The second-order valence-corrected chi connectivity index (χ2v) is 4.75. The molecular formula is C11H23NO5. The summed E-state index contributed by atoms with van der Waals surface area (Å²) >= 11 is 0. The van der Waals surface area contributed by atoms with Crippen molar-refractivity contribution in [1.82, 2.24) is 0 Å². The molecule has 102 valence electrons. The molecule has 1 heterocycles. The topological polar surface area (TPSA) is 83.2 Å².